The number of carbonyl (C=O) groups excluding carboxylic acids is 2. The van der Waals surface area contributed by atoms with Crippen LogP contribution >= 0.6 is 11.6 Å². The standard InChI is InChI=1S/C15H20ClNO3/c1-10(15(2,3)4)20-14(19)13(18)17-9-11-6-5-7-12(16)8-11/h5-8,10H,9H2,1-4H3,(H,17,18)/t10-/m1/s1. The topological polar surface area (TPSA) is 55.4 Å². The van der Waals surface area contributed by atoms with Crippen LogP contribution in [-0.4, -0.2) is 18.0 Å². The number of carbonyl (C=O) groups is 2. The maximum Gasteiger partial charge on any atom is 0.397 e. The Labute approximate surface area is 124 Å². The lowest BCUT2D eigenvalue weighted by Crippen LogP contribution is -2.37. The average molecular weight is 298 g/mol. The van der Waals surface area contributed by atoms with E-state index in [4.69, 9.17) is 16.3 Å². The van der Waals surface area contributed by atoms with Crippen molar-refractivity contribution in [1.29, 1.82) is 0 Å². The van der Waals surface area contributed by atoms with Crippen molar-refractivity contribution in [3.8, 4) is 0 Å². The Morgan fingerprint density at radius 3 is 2.55 bits per heavy atom. The van der Waals surface area contributed by atoms with E-state index in [1.165, 1.54) is 0 Å². The highest BCUT2D eigenvalue weighted by molar-refractivity contribution is 6.32. The molecule has 1 aromatic carbocycles. The van der Waals surface area contributed by atoms with Crippen LogP contribution in [0.15, 0.2) is 24.3 Å². The predicted octanol–water partition coefficient (Wildman–Crippen LogP) is 2.93. The van der Waals surface area contributed by atoms with Gasteiger partial charge in [-0.3, -0.25) is 4.79 Å². The van der Waals surface area contributed by atoms with E-state index in [2.05, 4.69) is 5.32 Å². The summed E-state index contributed by atoms with van der Waals surface area (Å²) in [6.07, 6.45) is -0.341. The quantitative estimate of drug-likeness (QED) is 0.689. The summed E-state index contributed by atoms with van der Waals surface area (Å²) in [4.78, 5) is 23.3. The van der Waals surface area contributed by atoms with Gasteiger partial charge >= 0.3 is 11.9 Å². The highest BCUT2D eigenvalue weighted by Gasteiger charge is 2.26. The van der Waals surface area contributed by atoms with Crippen LogP contribution in [0.3, 0.4) is 0 Å². The minimum atomic E-state index is -0.866. The lowest BCUT2D eigenvalue weighted by atomic mass is 9.90. The van der Waals surface area contributed by atoms with Gasteiger partial charge in [0.05, 0.1) is 0 Å². The molecule has 0 heterocycles. The second kappa shape index (κ2) is 6.75. The smallest absolute Gasteiger partial charge is 0.397 e. The maximum atomic E-state index is 11.6. The Morgan fingerprint density at radius 1 is 1.35 bits per heavy atom. The lowest BCUT2D eigenvalue weighted by molar-refractivity contribution is -0.162. The molecule has 0 aliphatic rings. The molecule has 0 saturated heterocycles. The Balaban J connectivity index is 2.49. The number of amides is 1. The van der Waals surface area contributed by atoms with Crippen molar-refractivity contribution in [3.05, 3.63) is 34.9 Å². The Kier molecular flexibility index (Phi) is 5.57. The second-order valence-electron chi connectivity index (χ2n) is 5.73. The van der Waals surface area contributed by atoms with E-state index >= 15 is 0 Å². The van der Waals surface area contributed by atoms with Crippen LogP contribution in [0, 0.1) is 5.41 Å². The second-order valence-corrected chi connectivity index (χ2v) is 6.16. The highest BCUT2D eigenvalue weighted by atomic mass is 35.5. The molecule has 0 saturated carbocycles. The molecule has 1 rings (SSSR count). The number of ether oxygens (including phenoxy) is 1. The van der Waals surface area contributed by atoms with Gasteiger partial charge in [0.1, 0.15) is 6.10 Å². The van der Waals surface area contributed by atoms with Crippen molar-refractivity contribution in [2.75, 3.05) is 0 Å². The van der Waals surface area contributed by atoms with Crippen LogP contribution in [0.5, 0.6) is 0 Å². The fourth-order valence-electron chi connectivity index (χ4n) is 1.29. The maximum absolute atomic E-state index is 11.6. The van der Waals surface area contributed by atoms with E-state index in [1.54, 1.807) is 25.1 Å². The van der Waals surface area contributed by atoms with E-state index in [1.807, 2.05) is 26.8 Å². The van der Waals surface area contributed by atoms with Gasteiger partial charge in [-0.05, 0) is 30.0 Å². The van der Waals surface area contributed by atoms with E-state index in [9.17, 15) is 9.59 Å². The highest BCUT2D eigenvalue weighted by Crippen LogP contribution is 2.21. The third kappa shape index (κ3) is 5.21. The van der Waals surface area contributed by atoms with Gasteiger partial charge in [0.2, 0.25) is 0 Å². The van der Waals surface area contributed by atoms with Gasteiger partial charge in [-0.2, -0.15) is 0 Å². The zero-order valence-electron chi connectivity index (χ0n) is 12.2. The van der Waals surface area contributed by atoms with Gasteiger partial charge in [-0.15, -0.1) is 0 Å². The Hall–Kier alpha value is -1.55. The molecule has 0 aromatic heterocycles. The third-order valence-corrected chi connectivity index (χ3v) is 3.27. The van der Waals surface area contributed by atoms with Crippen molar-refractivity contribution in [2.45, 2.75) is 40.3 Å². The largest absolute Gasteiger partial charge is 0.455 e. The summed E-state index contributed by atoms with van der Waals surface area (Å²) in [5.74, 6) is -1.62. The first kappa shape index (κ1) is 16.5. The summed E-state index contributed by atoms with van der Waals surface area (Å²) >= 11 is 5.84. The molecule has 1 N–H and O–H groups in total. The minimum Gasteiger partial charge on any atom is -0.455 e. The van der Waals surface area contributed by atoms with Gasteiger partial charge in [0.25, 0.3) is 0 Å². The van der Waals surface area contributed by atoms with Gasteiger partial charge < -0.3 is 10.1 Å². The molecule has 1 aromatic rings. The van der Waals surface area contributed by atoms with E-state index in [-0.39, 0.29) is 18.1 Å². The van der Waals surface area contributed by atoms with Crippen LogP contribution in [0.4, 0.5) is 0 Å². The van der Waals surface area contributed by atoms with Crippen molar-refractivity contribution >= 4 is 23.5 Å². The van der Waals surface area contributed by atoms with Crippen LogP contribution in [-0.2, 0) is 20.9 Å². The first-order valence-electron chi connectivity index (χ1n) is 6.43. The van der Waals surface area contributed by atoms with Crippen LogP contribution in [0.25, 0.3) is 0 Å². The van der Waals surface area contributed by atoms with Crippen molar-refractivity contribution in [2.24, 2.45) is 5.41 Å². The first-order chi connectivity index (χ1) is 9.20. The Bertz CT molecular complexity index is 494. The summed E-state index contributed by atoms with van der Waals surface area (Å²) in [5.41, 5.74) is 0.616. The summed E-state index contributed by atoms with van der Waals surface area (Å²) in [6.45, 7) is 7.82. The number of hydrogen-bond acceptors (Lipinski definition) is 3. The number of hydrogen-bond donors (Lipinski definition) is 1. The van der Waals surface area contributed by atoms with E-state index in [0.717, 1.165) is 5.56 Å². The summed E-state index contributed by atoms with van der Waals surface area (Å²) in [5, 5.41) is 3.09. The van der Waals surface area contributed by atoms with Gasteiger partial charge in [-0.1, -0.05) is 44.5 Å². The van der Waals surface area contributed by atoms with Gasteiger partial charge in [0.15, 0.2) is 0 Å². The predicted molar refractivity (Wildman–Crippen MR) is 78.3 cm³/mol. The molecular weight excluding hydrogens is 278 g/mol. The molecule has 0 fully saturated rings. The molecule has 4 nitrogen and oxygen atoms in total. The molecule has 0 aliphatic heterocycles. The number of halogens is 1. The Morgan fingerprint density at radius 2 is 2.00 bits per heavy atom. The molecule has 0 spiro atoms. The van der Waals surface area contributed by atoms with Crippen LogP contribution in [0.2, 0.25) is 5.02 Å². The average Bonchev–Trinajstić information content (AvgIpc) is 2.34. The molecule has 0 unspecified atom stereocenters. The lowest BCUT2D eigenvalue weighted by Gasteiger charge is -2.26. The summed E-state index contributed by atoms with van der Waals surface area (Å²) < 4.78 is 5.11. The number of esters is 1. The number of benzene rings is 1. The molecule has 0 radical (unpaired) electrons. The SMILES string of the molecule is C[C@@H](OC(=O)C(=O)NCc1cccc(Cl)c1)C(C)(C)C. The molecule has 0 bridgehead atoms. The van der Waals surface area contributed by atoms with Gasteiger partial charge in [0, 0.05) is 11.6 Å². The fourth-order valence-corrected chi connectivity index (χ4v) is 1.51. The molecule has 5 heteroatoms. The number of nitrogens with one attached hydrogen (secondary N) is 1. The fraction of sp³-hybridized carbons (Fsp3) is 0.467. The van der Waals surface area contributed by atoms with Crippen molar-refractivity contribution < 1.29 is 14.3 Å². The minimum absolute atomic E-state index is 0.205. The first-order valence-corrected chi connectivity index (χ1v) is 6.81. The third-order valence-electron chi connectivity index (χ3n) is 3.03. The molecule has 1 amide bonds. The molecule has 110 valence electrons. The normalized spacial score (nSPS) is 12.7. The zero-order chi connectivity index (χ0) is 15.3. The van der Waals surface area contributed by atoms with E-state index in [0.29, 0.717) is 5.02 Å². The molecule has 1 atom stereocenters. The summed E-state index contributed by atoms with van der Waals surface area (Å²) in [7, 11) is 0. The van der Waals surface area contributed by atoms with Gasteiger partial charge in [-0.25, -0.2) is 4.79 Å². The number of rotatable bonds is 3. The molecular formula is C15H20ClNO3. The van der Waals surface area contributed by atoms with Crippen molar-refractivity contribution in [3.63, 3.8) is 0 Å². The molecule has 0 aliphatic carbocycles. The molecule has 20 heavy (non-hydrogen) atoms. The van der Waals surface area contributed by atoms with E-state index < -0.39 is 11.9 Å². The summed E-state index contributed by atoms with van der Waals surface area (Å²) in [6, 6.07) is 7.07. The van der Waals surface area contributed by atoms with Crippen LogP contribution < -0.4 is 5.32 Å². The van der Waals surface area contributed by atoms with Crippen LogP contribution in [0.1, 0.15) is 33.3 Å². The van der Waals surface area contributed by atoms with Crippen molar-refractivity contribution in [1.82, 2.24) is 5.32 Å². The monoisotopic (exact) mass is 297 g/mol. The zero-order valence-corrected chi connectivity index (χ0v) is 13.0.